The number of hydrogen-bond acceptors (Lipinski definition) is 11. The average Bonchev–Trinajstić information content (AvgIpc) is 3.01. The topological polar surface area (TPSA) is 268 Å². The Morgan fingerprint density at radius 2 is 1.18 bits per heavy atom. The van der Waals surface area contributed by atoms with Gasteiger partial charge in [-0.05, 0) is 0 Å². The van der Waals surface area contributed by atoms with E-state index in [1.807, 2.05) is 0 Å². The zero-order valence-electron chi connectivity index (χ0n) is 15.2. The van der Waals surface area contributed by atoms with Crippen LogP contribution in [0.5, 0.6) is 23.0 Å². The molecule has 16 nitrogen and oxygen atoms in total. The van der Waals surface area contributed by atoms with Gasteiger partial charge in [-0.15, -0.1) is 0 Å². The third kappa shape index (κ3) is 5.44. The zero-order chi connectivity index (χ0) is 25.1. The van der Waals surface area contributed by atoms with Gasteiger partial charge in [-0.2, -0.15) is 0 Å². The Morgan fingerprint density at radius 1 is 0.697 bits per heavy atom. The molecule has 0 saturated carbocycles. The Labute approximate surface area is 194 Å². The Bertz CT molecular complexity index is 1590. The van der Waals surface area contributed by atoms with E-state index in [2.05, 4.69) is 0 Å². The summed E-state index contributed by atoms with van der Waals surface area (Å²) in [5.74, 6) is -3.35. The molecule has 2 aromatic carbocycles. The standard InChI is InChI=1S/2C6H6O8S2.Sb/c2*7-4-1-3(15(9,10)11)2-5(6(4)8)16(12,13)14;/h2*1-2,7-8H,(H,9,10,11)(H,12,13,14);/q;;+2/p-2. The monoisotopic (exact) mass is 659 g/mol. The van der Waals surface area contributed by atoms with Crippen molar-refractivity contribution in [2.75, 3.05) is 0 Å². The number of benzene rings is 2. The second kappa shape index (κ2) is 8.10. The van der Waals surface area contributed by atoms with Crippen LogP contribution in [-0.2, 0) is 40.5 Å². The van der Waals surface area contributed by atoms with Crippen LogP contribution in [0.15, 0.2) is 43.8 Å². The third-order valence-corrected chi connectivity index (χ3v) is 10.0. The van der Waals surface area contributed by atoms with Gasteiger partial charge in [0.05, 0.1) is 0 Å². The van der Waals surface area contributed by atoms with E-state index in [0.717, 1.165) is 0 Å². The summed E-state index contributed by atoms with van der Waals surface area (Å²) >= 11 is -4.30. The van der Waals surface area contributed by atoms with Crippen LogP contribution in [0, 0.1) is 0 Å². The first-order chi connectivity index (χ1) is 14.8. The molecule has 0 fully saturated rings. The predicted molar refractivity (Wildman–Crippen MR) is 103 cm³/mol. The van der Waals surface area contributed by atoms with Crippen LogP contribution in [0.4, 0.5) is 0 Å². The summed E-state index contributed by atoms with van der Waals surface area (Å²) in [5.41, 5.74) is 0. The molecule has 1 radical (unpaired) electrons. The molecule has 1 aliphatic heterocycles. The molecule has 3 rings (SSSR count). The van der Waals surface area contributed by atoms with Crippen molar-refractivity contribution in [3.8, 4) is 23.0 Å². The van der Waals surface area contributed by atoms with Crippen LogP contribution in [0.3, 0.4) is 0 Å². The summed E-state index contributed by atoms with van der Waals surface area (Å²) in [4.78, 5) is -4.54. The fourth-order valence-corrected chi connectivity index (χ4v) is 7.99. The Balaban J connectivity index is 2.11. The normalized spacial score (nSPS) is 14.9. The minimum absolute atomic E-state index is 0.270. The van der Waals surface area contributed by atoms with Gasteiger partial charge in [0, 0.05) is 0 Å². The van der Waals surface area contributed by atoms with Gasteiger partial charge in [0.1, 0.15) is 0 Å². The fourth-order valence-electron chi connectivity index (χ4n) is 2.33. The molecule has 0 atom stereocenters. The van der Waals surface area contributed by atoms with Crippen LogP contribution in [-0.4, -0.2) is 78.5 Å². The van der Waals surface area contributed by atoms with Crippen LogP contribution in [0.25, 0.3) is 0 Å². The van der Waals surface area contributed by atoms with Gasteiger partial charge in [0.15, 0.2) is 0 Å². The van der Waals surface area contributed by atoms with Crippen molar-refractivity contribution in [1.29, 1.82) is 0 Å². The van der Waals surface area contributed by atoms with Crippen molar-refractivity contribution in [1.82, 2.24) is 0 Å². The number of rotatable bonds is 6. The quantitative estimate of drug-likeness (QED) is 0.164. The van der Waals surface area contributed by atoms with Crippen molar-refractivity contribution in [3.63, 3.8) is 0 Å². The van der Waals surface area contributed by atoms with Gasteiger partial charge < -0.3 is 0 Å². The Hall–Kier alpha value is -1.90. The first kappa shape index (κ1) is 25.7. The average molecular weight is 660 g/mol. The van der Waals surface area contributed by atoms with Crippen LogP contribution < -0.4 is 9.05 Å². The van der Waals surface area contributed by atoms with E-state index >= 15 is 0 Å². The van der Waals surface area contributed by atoms with Gasteiger partial charge >= 0.3 is 195 Å². The van der Waals surface area contributed by atoms with Gasteiger partial charge in [-0.3, -0.25) is 0 Å². The van der Waals surface area contributed by atoms with Crippen molar-refractivity contribution in [2.45, 2.75) is 19.6 Å². The Morgan fingerprint density at radius 3 is 1.67 bits per heavy atom. The summed E-state index contributed by atoms with van der Waals surface area (Å²) < 4.78 is 144. The molecule has 6 N–H and O–H groups in total. The van der Waals surface area contributed by atoms with Gasteiger partial charge in [0.25, 0.3) is 0 Å². The molecule has 0 aromatic heterocycles. The summed E-state index contributed by atoms with van der Waals surface area (Å²) in [6, 6.07) is 1.72. The molecule has 1 heterocycles. The van der Waals surface area contributed by atoms with E-state index in [4.69, 9.17) is 18.7 Å². The maximum absolute atomic E-state index is 11.6. The molecular formula is C12H10O16S4Sb. The summed E-state index contributed by atoms with van der Waals surface area (Å²) in [6.07, 6.45) is 0. The Kier molecular flexibility index (Phi) is 6.31. The molecule has 0 unspecified atom stereocenters. The van der Waals surface area contributed by atoms with E-state index in [0.29, 0.717) is 18.2 Å². The van der Waals surface area contributed by atoms with Crippen LogP contribution in [0.1, 0.15) is 0 Å². The first-order valence-corrected chi connectivity index (χ1v) is 16.5. The van der Waals surface area contributed by atoms with Gasteiger partial charge in [0.2, 0.25) is 0 Å². The second-order valence-corrected chi connectivity index (χ2v) is 14.4. The predicted octanol–water partition coefficient (Wildman–Crippen LogP) is -1.05. The summed E-state index contributed by atoms with van der Waals surface area (Å²) in [7, 11) is -20.4. The summed E-state index contributed by atoms with van der Waals surface area (Å²) in [6.45, 7) is 0. The van der Waals surface area contributed by atoms with E-state index < -0.39 is 105 Å². The van der Waals surface area contributed by atoms with Gasteiger partial charge in [-0.25, -0.2) is 0 Å². The van der Waals surface area contributed by atoms with E-state index in [1.54, 1.807) is 0 Å². The molecule has 2 aromatic rings. The second-order valence-electron chi connectivity index (χ2n) is 5.94. The molecule has 0 saturated heterocycles. The fraction of sp³-hybridized carbons (Fsp3) is 0. The van der Waals surface area contributed by atoms with Crippen molar-refractivity contribution >= 4 is 61.9 Å². The minimum atomic E-state index is -5.19. The molecule has 0 spiro atoms. The molecule has 0 amide bonds. The SMILES string of the molecule is O=S(=O)(O)c1cc([O][Sb-]2[O]c3cc(S(=O)(=O)O)cc(S(=O)(=O)O)c3[O]2)c([OH2+])c(S(=O)(=O)O)c1. The van der Waals surface area contributed by atoms with Crippen LogP contribution in [0.2, 0.25) is 0 Å². The molecular weight excluding hydrogens is 650 g/mol. The molecule has 183 valence electrons. The molecule has 33 heavy (non-hydrogen) atoms. The van der Waals surface area contributed by atoms with E-state index in [9.17, 15) is 47.3 Å². The van der Waals surface area contributed by atoms with Crippen LogP contribution >= 0.6 is 0 Å². The molecule has 1 aliphatic rings. The number of hydrogen-bond donors (Lipinski definition) is 4. The first-order valence-electron chi connectivity index (χ1n) is 7.60. The molecule has 21 heteroatoms. The maximum atomic E-state index is 11.6. The van der Waals surface area contributed by atoms with E-state index in [-0.39, 0.29) is 6.07 Å². The third-order valence-electron chi connectivity index (χ3n) is 3.70. The molecule has 0 bridgehead atoms. The van der Waals surface area contributed by atoms with Gasteiger partial charge in [-0.1, -0.05) is 0 Å². The molecule has 0 aliphatic carbocycles. The van der Waals surface area contributed by atoms with Crippen molar-refractivity contribution in [2.24, 2.45) is 0 Å². The summed E-state index contributed by atoms with van der Waals surface area (Å²) in [5, 5.41) is 7.82. The number of fused-ring (bicyclic) bond motifs is 1. The van der Waals surface area contributed by atoms with Crippen molar-refractivity contribution < 1.29 is 66.0 Å². The zero-order valence-corrected chi connectivity index (χ0v) is 21.0. The van der Waals surface area contributed by atoms with E-state index in [1.165, 1.54) is 0 Å². The van der Waals surface area contributed by atoms with Crippen molar-refractivity contribution in [3.05, 3.63) is 24.3 Å².